The fourth-order valence-corrected chi connectivity index (χ4v) is 1.86. The molecule has 2 aromatic carbocycles. The highest BCUT2D eigenvalue weighted by Crippen LogP contribution is 2.34. The van der Waals surface area contributed by atoms with Crippen LogP contribution in [0.4, 0.5) is 24.5 Å². The number of nitrogens with one attached hydrogen (secondary N) is 1. The lowest BCUT2D eigenvalue weighted by atomic mass is 10.1. The molecule has 0 aliphatic rings. The maximum Gasteiger partial charge on any atom is 0.418 e. The van der Waals surface area contributed by atoms with Crippen molar-refractivity contribution >= 4 is 17.1 Å². The van der Waals surface area contributed by atoms with Gasteiger partial charge < -0.3 is 0 Å². The van der Waals surface area contributed by atoms with Crippen LogP contribution < -0.4 is 5.43 Å². The van der Waals surface area contributed by atoms with Gasteiger partial charge in [-0.2, -0.15) is 18.3 Å². The van der Waals surface area contributed by atoms with Gasteiger partial charge in [0.25, 0.3) is 5.69 Å². The highest BCUT2D eigenvalue weighted by atomic mass is 19.4. The third-order valence-electron chi connectivity index (χ3n) is 3.07. The molecule has 1 N–H and O–H groups in total. The Bertz CT molecular complexity index is 740. The Kier molecular flexibility index (Phi) is 4.63. The van der Waals surface area contributed by atoms with E-state index in [2.05, 4.69) is 10.5 Å². The number of nitrogens with zero attached hydrogens (tertiary/aromatic N) is 2. The molecule has 0 radical (unpaired) electrons. The van der Waals surface area contributed by atoms with Crippen molar-refractivity contribution in [3.05, 3.63) is 69.8 Å². The summed E-state index contributed by atoms with van der Waals surface area (Å²) in [5.41, 5.74) is 2.29. The first-order chi connectivity index (χ1) is 10.8. The quantitative estimate of drug-likeness (QED) is 0.513. The van der Waals surface area contributed by atoms with Crippen LogP contribution in [0.3, 0.4) is 0 Å². The first-order valence-electron chi connectivity index (χ1n) is 6.50. The van der Waals surface area contributed by atoms with Crippen molar-refractivity contribution in [3.63, 3.8) is 0 Å². The molecule has 0 amide bonds. The van der Waals surface area contributed by atoms with E-state index in [1.54, 1.807) is 6.92 Å². The van der Waals surface area contributed by atoms with E-state index in [1.165, 1.54) is 42.5 Å². The van der Waals surface area contributed by atoms with E-state index >= 15 is 0 Å². The van der Waals surface area contributed by atoms with Crippen LogP contribution in [0, 0.1) is 10.1 Å². The molecular formula is C15H12F3N3O2. The van der Waals surface area contributed by atoms with Gasteiger partial charge in [0.1, 0.15) is 0 Å². The molecule has 120 valence electrons. The predicted octanol–water partition coefficient (Wildman–Crippen LogP) is 4.45. The Morgan fingerprint density at radius 2 is 1.74 bits per heavy atom. The molecule has 0 saturated heterocycles. The molecule has 0 heterocycles. The zero-order chi connectivity index (χ0) is 17.0. The lowest BCUT2D eigenvalue weighted by Gasteiger charge is -2.12. The second-order valence-electron chi connectivity index (χ2n) is 4.66. The number of hydrogen-bond acceptors (Lipinski definition) is 4. The molecule has 2 aromatic rings. The van der Waals surface area contributed by atoms with Gasteiger partial charge >= 0.3 is 6.18 Å². The van der Waals surface area contributed by atoms with E-state index in [4.69, 9.17) is 0 Å². The SMILES string of the molecule is C/C(=N/Nc1ccccc1C(F)(F)F)c1ccc([N+](=O)[O-])cc1. The predicted molar refractivity (Wildman–Crippen MR) is 80.4 cm³/mol. The fourth-order valence-electron chi connectivity index (χ4n) is 1.86. The minimum absolute atomic E-state index is 0.0723. The van der Waals surface area contributed by atoms with Gasteiger partial charge in [0.2, 0.25) is 0 Å². The molecule has 0 spiro atoms. The van der Waals surface area contributed by atoms with Crippen molar-refractivity contribution in [3.8, 4) is 0 Å². The molecule has 23 heavy (non-hydrogen) atoms. The summed E-state index contributed by atoms with van der Waals surface area (Å²) in [6.07, 6.45) is -4.49. The topological polar surface area (TPSA) is 67.5 Å². The van der Waals surface area contributed by atoms with E-state index in [1.807, 2.05) is 0 Å². The zero-order valence-electron chi connectivity index (χ0n) is 12.0. The standard InChI is InChI=1S/C15H12F3N3O2/c1-10(11-6-8-12(9-7-11)21(22)23)19-20-14-5-3-2-4-13(14)15(16,17)18/h2-9,20H,1H3/b19-10-. The van der Waals surface area contributed by atoms with Gasteiger partial charge in [-0.15, -0.1) is 0 Å². The molecule has 0 fully saturated rings. The van der Waals surface area contributed by atoms with Crippen LogP contribution in [0.15, 0.2) is 53.6 Å². The summed E-state index contributed by atoms with van der Waals surface area (Å²) < 4.78 is 38.6. The number of alkyl halides is 3. The molecule has 0 aromatic heterocycles. The maximum atomic E-state index is 12.9. The second kappa shape index (κ2) is 6.47. The minimum atomic E-state index is -4.49. The highest BCUT2D eigenvalue weighted by Gasteiger charge is 2.33. The Morgan fingerprint density at radius 3 is 2.30 bits per heavy atom. The van der Waals surface area contributed by atoms with Crippen molar-refractivity contribution in [2.24, 2.45) is 5.10 Å². The lowest BCUT2D eigenvalue weighted by molar-refractivity contribution is -0.384. The van der Waals surface area contributed by atoms with Crippen molar-refractivity contribution in [1.82, 2.24) is 0 Å². The molecule has 0 atom stereocenters. The first kappa shape index (κ1) is 16.5. The number of nitro benzene ring substituents is 1. The lowest BCUT2D eigenvalue weighted by Crippen LogP contribution is -2.09. The van der Waals surface area contributed by atoms with Gasteiger partial charge in [-0.1, -0.05) is 12.1 Å². The molecule has 8 heteroatoms. The zero-order valence-corrected chi connectivity index (χ0v) is 12.0. The highest BCUT2D eigenvalue weighted by molar-refractivity contribution is 5.99. The van der Waals surface area contributed by atoms with Gasteiger partial charge in [-0.25, -0.2) is 0 Å². The van der Waals surface area contributed by atoms with Crippen molar-refractivity contribution < 1.29 is 18.1 Å². The van der Waals surface area contributed by atoms with Crippen LogP contribution in [0.2, 0.25) is 0 Å². The second-order valence-corrected chi connectivity index (χ2v) is 4.66. The molecule has 0 bridgehead atoms. The Balaban J connectivity index is 2.22. The van der Waals surface area contributed by atoms with E-state index in [0.717, 1.165) is 6.07 Å². The van der Waals surface area contributed by atoms with Crippen molar-refractivity contribution in [1.29, 1.82) is 0 Å². The smallest absolute Gasteiger partial charge is 0.278 e. The normalized spacial score (nSPS) is 12.1. The number of halogens is 3. The van der Waals surface area contributed by atoms with E-state index in [0.29, 0.717) is 11.3 Å². The van der Waals surface area contributed by atoms with Gasteiger partial charge in [0.05, 0.1) is 21.9 Å². The number of anilines is 1. The Labute approximate surface area is 129 Å². The number of benzene rings is 2. The summed E-state index contributed by atoms with van der Waals surface area (Å²) in [4.78, 5) is 10.0. The summed E-state index contributed by atoms with van der Waals surface area (Å²) in [5.74, 6) is 0. The van der Waals surface area contributed by atoms with Crippen LogP contribution in [-0.2, 0) is 6.18 Å². The molecule has 0 unspecified atom stereocenters. The number of non-ortho nitro benzene ring substituents is 1. The molecule has 2 rings (SSSR count). The molecular weight excluding hydrogens is 311 g/mol. The summed E-state index contributed by atoms with van der Waals surface area (Å²) in [6, 6.07) is 10.6. The Hall–Kier alpha value is -2.90. The van der Waals surface area contributed by atoms with Gasteiger partial charge in [0.15, 0.2) is 0 Å². The van der Waals surface area contributed by atoms with Crippen LogP contribution >= 0.6 is 0 Å². The van der Waals surface area contributed by atoms with Crippen molar-refractivity contribution in [2.75, 3.05) is 5.43 Å². The van der Waals surface area contributed by atoms with E-state index < -0.39 is 16.7 Å². The monoisotopic (exact) mass is 323 g/mol. The summed E-state index contributed by atoms with van der Waals surface area (Å²) in [7, 11) is 0. The summed E-state index contributed by atoms with van der Waals surface area (Å²) >= 11 is 0. The van der Waals surface area contributed by atoms with Crippen molar-refractivity contribution in [2.45, 2.75) is 13.1 Å². The average molecular weight is 323 g/mol. The van der Waals surface area contributed by atoms with E-state index in [9.17, 15) is 23.3 Å². The number of rotatable bonds is 4. The van der Waals surface area contributed by atoms with Crippen LogP contribution in [-0.4, -0.2) is 10.6 Å². The molecule has 0 aliphatic heterocycles. The average Bonchev–Trinajstić information content (AvgIpc) is 2.52. The third kappa shape index (κ3) is 4.06. The van der Waals surface area contributed by atoms with Crippen LogP contribution in [0.1, 0.15) is 18.1 Å². The molecule has 0 aliphatic carbocycles. The molecule has 5 nitrogen and oxygen atoms in total. The summed E-state index contributed by atoms with van der Waals surface area (Å²) in [6.45, 7) is 1.59. The van der Waals surface area contributed by atoms with Crippen LogP contribution in [0.25, 0.3) is 0 Å². The number of hydrazone groups is 1. The van der Waals surface area contributed by atoms with Gasteiger partial charge in [-0.3, -0.25) is 15.5 Å². The minimum Gasteiger partial charge on any atom is -0.278 e. The van der Waals surface area contributed by atoms with E-state index in [-0.39, 0.29) is 11.4 Å². The summed E-state index contributed by atoms with van der Waals surface area (Å²) in [5, 5.41) is 14.5. The van der Waals surface area contributed by atoms with Crippen LogP contribution in [0.5, 0.6) is 0 Å². The number of para-hydroxylation sites is 1. The fraction of sp³-hybridized carbons (Fsp3) is 0.133. The van der Waals surface area contributed by atoms with Gasteiger partial charge in [0, 0.05) is 12.1 Å². The third-order valence-corrected chi connectivity index (χ3v) is 3.07. The van der Waals surface area contributed by atoms with Gasteiger partial charge in [-0.05, 0) is 36.8 Å². The first-order valence-corrected chi connectivity index (χ1v) is 6.50. The number of nitro groups is 1. The maximum absolute atomic E-state index is 12.9. The number of hydrogen-bond donors (Lipinski definition) is 1. The molecule has 0 saturated carbocycles. The largest absolute Gasteiger partial charge is 0.418 e. The Morgan fingerprint density at radius 1 is 1.13 bits per heavy atom.